The fraction of sp³-hybridized carbons (Fsp3) is 0.640. The van der Waals surface area contributed by atoms with Crippen LogP contribution in [0.5, 0.6) is 0 Å². The van der Waals surface area contributed by atoms with Gasteiger partial charge in [0, 0.05) is 51.0 Å². The number of ether oxygens (including phenoxy) is 1. The SMILES string of the molecule is O=C(NCCN1CCCC1)[C@H]1C[C@H]2[C@H](CCN2Cc2ccncc2)O1.O=C(O)C(F)(F)F.O=C(O)C(F)(F)F.O=C(O)C(F)(F)F. The minimum absolute atomic E-state index is 0.0671. The summed E-state index contributed by atoms with van der Waals surface area (Å²) in [5.74, 6) is -8.20. The molecule has 3 aliphatic rings. The van der Waals surface area contributed by atoms with Crippen LogP contribution in [-0.4, -0.2) is 123 Å². The van der Waals surface area contributed by atoms with E-state index in [1.54, 1.807) is 0 Å². The van der Waals surface area contributed by atoms with Gasteiger partial charge in [-0.25, -0.2) is 14.4 Å². The lowest BCUT2D eigenvalue weighted by Crippen LogP contribution is -2.40. The minimum Gasteiger partial charge on any atom is -0.475 e. The molecule has 12 nitrogen and oxygen atoms in total. The van der Waals surface area contributed by atoms with Crippen LogP contribution in [0.3, 0.4) is 0 Å². The molecule has 21 heteroatoms. The number of nitrogens with one attached hydrogen (secondary N) is 1. The van der Waals surface area contributed by atoms with Crippen LogP contribution in [0.4, 0.5) is 39.5 Å². The number of amides is 1. The van der Waals surface area contributed by atoms with Crippen molar-refractivity contribution in [3.63, 3.8) is 0 Å². The number of fused-ring (bicyclic) bond motifs is 1. The lowest BCUT2D eigenvalue weighted by Gasteiger charge is -2.22. The number of carbonyl (C=O) groups excluding carboxylic acids is 1. The number of alkyl halides is 9. The minimum atomic E-state index is -5.08. The maximum absolute atomic E-state index is 12.4. The number of aromatic nitrogens is 1. The highest BCUT2D eigenvalue weighted by Gasteiger charge is 2.45. The van der Waals surface area contributed by atoms with E-state index in [9.17, 15) is 44.3 Å². The predicted octanol–water partition coefficient (Wildman–Crippen LogP) is 2.93. The maximum atomic E-state index is 12.4. The Bertz CT molecular complexity index is 1070. The van der Waals surface area contributed by atoms with Crippen molar-refractivity contribution in [2.75, 3.05) is 32.7 Å². The van der Waals surface area contributed by atoms with Crippen molar-refractivity contribution in [3.8, 4) is 0 Å². The Morgan fingerprint density at radius 1 is 0.826 bits per heavy atom. The van der Waals surface area contributed by atoms with Crippen LogP contribution < -0.4 is 5.32 Å². The molecule has 3 saturated heterocycles. The molecule has 0 radical (unpaired) electrons. The fourth-order valence-corrected chi connectivity index (χ4v) is 4.38. The topological polar surface area (TPSA) is 170 Å². The zero-order chi connectivity index (χ0) is 35.3. The number of likely N-dealkylation sites (tertiary alicyclic amines) is 2. The number of aliphatic carboxylic acids is 3. The van der Waals surface area contributed by atoms with Crippen LogP contribution in [0, 0.1) is 0 Å². The first-order valence-corrected chi connectivity index (χ1v) is 13.3. The van der Waals surface area contributed by atoms with E-state index in [1.165, 1.54) is 31.5 Å². The summed E-state index contributed by atoms with van der Waals surface area (Å²) >= 11 is 0. The van der Waals surface area contributed by atoms with Gasteiger partial charge in [-0.3, -0.25) is 14.7 Å². The van der Waals surface area contributed by atoms with E-state index in [0.29, 0.717) is 6.04 Å². The summed E-state index contributed by atoms with van der Waals surface area (Å²) in [6.07, 6.45) is -7.24. The van der Waals surface area contributed by atoms with Crippen molar-refractivity contribution in [2.45, 2.75) is 69.0 Å². The molecule has 46 heavy (non-hydrogen) atoms. The highest BCUT2D eigenvalue weighted by Crippen LogP contribution is 2.34. The Labute approximate surface area is 255 Å². The van der Waals surface area contributed by atoms with Crippen LogP contribution in [0.15, 0.2) is 24.5 Å². The highest BCUT2D eigenvalue weighted by molar-refractivity contribution is 5.81. The number of carbonyl (C=O) groups is 4. The zero-order valence-electron chi connectivity index (χ0n) is 23.7. The predicted molar refractivity (Wildman–Crippen MR) is 136 cm³/mol. The third kappa shape index (κ3) is 15.0. The van der Waals surface area contributed by atoms with Gasteiger partial charge in [-0.15, -0.1) is 0 Å². The van der Waals surface area contributed by atoms with E-state index in [2.05, 4.69) is 32.2 Å². The number of pyridine rings is 1. The smallest absolute Gasteiger partial charge is 0.475 e. The van der Waals surface area contributed by atoms with Crippen molar-refractivity contribution in [3.05, 3.63) is 30.1 Å². The van der Waals surface area contributed by atoms with E-state index >= 15 is 0 Å². The Balaban J connectivity index is 0.000000413. The summed E-state index contributed by atoms with van der Waals surface area (Å²) in [6, 6.07) is 4.49. The second kappa shape index (κ2) is 17.8. The summed E-state index contributed by atoms with van der Waals surface area (Å²) in [6.45, 7) is 5.99. The lowest BCUT2D eigenvalue weighted by atomic mass is 10.1. The molecule has 0 aromatic carbocycles. The van der Waals surface area contributed by atoms with Gasteiger partial charge in [-0.1, -0.05) is 0 Å². The average Bonchev–Trinajstić information content (AvgIpc) is 3.68. The summed E-state index contributed by atoms with van der Waals surface area (Å²) in [4.78, 5) is 48.1. The molecule has 0 aliphatic carbocycles. The van der Waals surface area contributed by atoms with Crippen LogP contribution in [0.2, 0.25) is 0 Å². The standard InChI is InChI=1S/C19H28N4O2.3C2HF3O2/c24-19(21-8-12-22-9-1-2-10-22)18-13-16-17(25-18)5-11-23(16)14-15-3-6-20-7-4-15;3*3-2(4,5)1(6)7/h3-4,6-7,16-18H,1-2,5,8-14H2,(H,21,24);3*(H,6,7)/t16-,17-,18+;;;/m0.../s1. The molecule has 4 heterocycles. The van der Waals surface area contributed by atoms with Crippen molar-refractivity contribution >= 4 is 23.8 Å². The molecule has 0 bridgehead atoms. The van der Waals surface area contributed by atoms with Gasteiger partial charge in [0.1, 0.15) is 6.10 Å². The summed E-state index contributed by atoms with van der Waals surface area (Å²) < 4.78 is 101. The van der Waals surface area contributed by atoms with Crippen LogP contribution in [-0.2, 0) is 30.5 Å². The molecule has 0 unspecified atom stereocenters. The van der Waals surface area contributed by atoms with Gasteiger partial charge < -0.3 is 30.3 Å². The van der Waals surface area contributed by atoms with Gasteiger partial charge in [0.25, 0.3) is 0 Å². The number of hydrogen-bond donors (Lipinski definition) is 4. The molecule has 3 atom stereocenters. The number of hydrogen-bond acceptors (Lipinski definition) is 8. The van der Waals surface area contributed by atoms with E-state index in [4.69, 9.17) is 34.4 Å². The Morgan fingerprint density at radius 2 is 1.28 bits per heavy atom. The first-order valence-electron chi connectivity index (χ1n) is 13.3. The number of carboxylic acids is 3. The molecule has 262 valence electrons. The number of nitrogens with zero attached hydrogens (tertiary/aromatic N) is 3. The molecule has 4 rings (SSSR count). The van der Waals surface area contributed by atoms with Gasteiger partial charge in [-0.05, 0) is 50.0 Å². The number of halogens is 9. The van der Waals surface area contributed by atoms with Gasteiger partial charge in [0.2, 0.25) is 5.91 Å². The van der Waals surface area contributed by atoms with E-state index in [1.807, 2.05) is 12.4 Å². The first-order chi connectivity index (χ1) is 21.1. The zero-order valence-corrected chi connectivity index (χ0v) is 23.7. The molecular weight excluding hydrogens is 655 g/mol. The van der Waals surface area contributed by atoms with Crippen molar-refractivity contribution in [1.29, 1.82) is 0 Å². The Hall–Kier alpha value is -3.72. The van der Waals surface area contributed by atoms with Crippen LogP contribution >= 0.6 is 0 Å². The van der Waals surface area contributed by atoms with Gasteiger partial charge in [0.05, 0.1) is 6.10 Å². The van der Waals surface area contributed by atoms with E-state index in [-0.39, 0.29) is 18.1 Å². The van der Waals surface area contributed by atoms with E-state index < -0.39 is 36.4 Å². The lowest BCUT2D eigenvalue weighted by molar-refractivity contribution is -0.193. The molecule has 1 aromatic heterocycles. The van der Waals surface area contributed by atoms with Gasteiger partial charge in [0.15, 0.2) is 0 Å². The van der Waals surface area contributed by atoms with Gasteiger partial charge in [-0.2, -0.15) is 39.5 Å². The van der Waals surface area contributed by atoms with Gasteiger partial charge >= 0.3 is 36.4 Å². The fourth-order valence-electron chi connectivity index (χ4n) is 4.38. The van der Waals surface area contributed by atoms with Crippen LogP contribution in [0.25, 0.3) is 0 Å². The summed E-state index contributed by atoms with van der Waals surface area (Å²) in [7, 11) is 0. The molecule has 1 amide bonds. The quantitative estimate of drug-likeness (QED) is 0.325. The molecule has 4 N–H and O–H groups in total. The van der Waals surface area contributed by atoms with Crippen molar-refractivity contribution < 1.29 is 78.7 Å². The third-order valence-corrected chi connectivity index (χ3v) is 6.47. The molecule has 3 aliphatic heterocycles. The normalized spacial score (nSPS) is 21.4. The molecule has 0 saturated carbocycles. The molecule has 3 fully saturated rings. The summed E-state index contributed by atoms with van der Waals surface area (Å²) in [5, 5.41) is 24.4. The Morgan fingerprint density at radius 3 is 1.72 bits per heavy atom. The first kappa shape index (κ1) is 40.3. The molecule has 1 aromatic rings. The molecule has 0 spiro atoms. The Kier molecular flexibility index (Phi) is 15.6. The number of carboxylic acid groups (broad SMARTS) is 3. The number of rotatable bonds is 6. The molecular formula is C25H31F9N4O8. The third-order valence-electron chi connectivity index (χ3n) is 6.47. The second-order valence-electron chi connectivity index (χ2n) is 9.83. The average molecular weight is 687 g/mol. The van der Waals surface area contributed by atoms with E-state index in [0.717, 1.165) is 39.0 Å². The van der Waals surface area contributed by atoms with Crippen LogP contribution in [0.1, 0.15) is 31.2 Å². The summed E-state index contributed by atoms with van der Waals surface area (Å²) in [5.41, 5.74) is 1.27. The maximum Gasteiger partial charge on any atom is 0.490 e. The largest absolute Gasteiger partial charge is 0.490 e. The van der Waals surface area contributed by atoms with Crippen molar-refractivity contribution in [1.82, 2.24) is 20.1 Å². The van der Waals surface area contributed by atoms with Crippen molar-refractivity contribution in [2.24, 2.45) is 0 Å². The second-order valence-corrected chi connectivity index (χ2v) is 9.83. The monoisotopic (exact) mass is 686 g/mol. The highest BCUT2D eigenvalue weighted by atomic mass is 19.4.